The van der Waals surface area contributed by atoms with E-state index in [-0.39, 0.29) is 5.91 Å². The highest BCUT2D eigenvalue weighted by Crippen LogP contribution is 2.54. The zero-order valence-corrected chi connectivity index (χ0v) is 24.5. The maximum absolute atomic E-state index is 13.6. The van der Waals surface area contributed by atoms with Crippen LogP contribution in [0.5, 0.6) is 0 Å². The number of carbonyl (C=O) groups is 1. The third kappa shape index (κ3) is 6.58. The Morgan fingerprint density at radius 2 is 1.70 bits per heavy atom. The molecule has 0 bridgehead atoms. The summed E-state index contributed by atoms with van der Waals surface area (Å²) in [6.45, 7) is 9.04. The molecule has 2 saturated heterocycles. The van der Waals surface area contributed by atoms with E-state index in [9.17, 15) is 13.2 Å². The lowest BCUT2D eigenvalue weighted by Gasteiger charge is -2.35. The fourth-order valence-corrected chi connectivity index (χ4v) is 6.55. The second-order valence-corrected chi connectivity index (χ2v) is 13.4. The minimum absolute atomic E-state index is 0.305. The van der Waals surface area contributed by atoms with Gasteiger partial charge in [0, 0.05) is 37.9 Å². The Labute approximate surface area is 236 Å². The van der Waals surface area contributed by atoms with Crippen molar-refractivity contribution in [3.8, 4) is 0 Å². The van der Waals surface area contributed by atoms with Crippen LogP contribution in [-0.4, -0.2) is 67.9 Å². The first-order chi connectivity index (χ1) is 19.1. The highest BCUT2D eigenvalue weighted by atomic mass is 32.2. The number of benzene rings is 1. The summed E-state index contributed by atoms with van der Waals surface area (Å²) in [7, 11) is -3.69. The molecule has 0 radical (unpaired) electrons. The van der Waals surface area contributed by atoms with E-state index in [1.807, 2.05) is 6.92 Å². The largest absolute Gasteiger partial charge is 0.395 e. The highest BCUT2D eigenvalue weighted by Gasteiger charge is 2.44. The molecule has 3 aliphatic rings. The number of aliphatic hydroxyl groups is 1. The summed E-state index contributed by atoms with van der Waals surface area (Å²) in [6, 6.07) is 6.73. The number of rotatable bonds is 8. The predicted octanol–water partition coefficient (Wildman–Crippen LogP) is 4.09. The standard InChI is InChI=1S/C29H40N6O4S/c1-20(2)22-6-12-35(13-7-22)28-30-21(3)18-26(32-28)31-27(37)24-5-4-23(33-40(38,39)17-16-36)19-25(24)34-14-10-29(8-9-29)11-15-34/h4-5,18-19,33,36H,6-17H2,1-3H3,(H,30,31,32,37). The molecule has 0 unspecified atom stereocenters. The second-order valence-electron chi connectivity index (χ2n) is 11.6. The van der Waals surface area contributed by atoms with Crippen LogP contribution in [0.4, 0.5) is 23.1 Å². The van der Waals surface area contributed by atoms with Gasteiger partial charge in [-0.15, -0.1) is 0 Å². The number of nitrogens with one attached hydrogen (secondary N) is 2. The molecular weight excluding hydrogens is 528 g/mol. The van der Waals surface area contributed by atoms with Gasteiger partial charge in [-0.05, 0) is 82.9 Å². The van der Waals surface area contributed by atoms with Crippen LogP contribution in [0.3, 0.4) is 0 Å². The van der Waals surface area contributed by atoms with Crippen molar-refractivity contribution in [2.24, 2.45) is 5.41 Å². The van der Waals surface area contributed by atoms with Crippen LogP contribution in [0, 0.1) is 12.3 Å². The molecule has 3 fully saturated rings. The van der Waals surface area contributed by atoms with Gasteiger partial charge in [-0.25, -0.2) is 13.4 Å². The molecule has 3 heterocycles. The van der Waals surface area contributed by atoms with Gasteiger partial charge in [0.1, 0.15) is 5.82 Å². The van der Waals surface area contributed by atoms with Gasteiger partial charge >= 0.3 is 0 Å². The Morgan fingerprint density at radius 3 is 2.33 bits per heavy atom. The van der Waals surface area contributed by atoms with Crippen LogP contribution >= 0.6 is 0 Å². The molecule has 1 aromatic heterocycles. The van der Waals surface area contributed by atoms with E-state index in [0.29, 0.717) is 34.1 Å². The third-order valence-corrected chi connectivity index (χ3v) is 9.71. The van der Waals surface area contributed by atoms with Crippen LogP contribution in [-0.2, 0) is 10.0 Å². The van der Waals surface area contributed by atoms with Gasteiger partial charge in [-0.1, -0.05) is 11.1 Å². The number of piperidine rings is 2. The molecule has 40 heavy (non-hydrogen) atoms. The minimum atomic E-state index is -3.69. The predicted molar refractivity (Wildman–Crippen MR) is 159 cm³/mol. The SMILES string of the molecule is CC(C)=C1CCN(c2nc(C)cc(NC(=O)c3ccc(NS(=O)(=O)CCO)cc3N3CCC4(CC3)CC4)n2)CC1. The number of anilines is 4. The monoisotopic (exact) mass is 568 g/mol. The van der Waals surface area contributed by atoms with Crippen LogP contribution in [0.15, 0.2) is 35.4 Å². The van der Waals surface area contributed by atoms with Gasteiger partial charge in [0.05, 0.1) is 29.3 Å². The topological polar surface area (TPSA) is 128 Å². The van der Waals surface area contributed by atoms with E-state index in [1.54, 1.807) is 24.3 Å². The van der Waals surface area contributed by atoms with Crippen molar-refractivity contribution < 1.29 is 18.3 Å². The Morgan fingerprint density at radius 1 is 1.00 bits per heavy atom. The Hall–Kier alpha value is -3.18. The van der Waals surface area contributed by atoms with Crippen LogP contribution < -0.4 is 19.8 Å². The molecule has 0 atom stereocenters. The molecule has 1 aliphatic carbocycles. The lowest BCUT2D eigenvalue weighted by molar-refractivity contribution is 0.102. The van der Waals surface area contributed by atoms with Crippen LogP contribution in [0.25, 0.3) is 0 Å². The highest BCUT2D eigenvalue weighted by molar-refractivity contribution is 7.92. The van der Waals surface area contributed by atoms with E-state index >= 15 is 0 Å². The van der Waals surface area contributed by atoms with Crippen molar-refractivity contribution in [1.82, 2.24) is 9.97 Å². The van der Waals surface area contributed by atoms with E-state index in [2.05, 4.69) is 43.7 Å². The first-order valence-corrected chi connectivity index (χ1v) is 15.8. The number of hydrogen-bond acceptors (Lipinski definition) is 8. The van der Waals surface area contributed by atoms with Crippen molar-refractivity contribution in [3.63, 3.8) is 0 Å². The maximum Gasteiger partial charge on any atom is 0.258 e. The van der Waals surface area contributed by atoms with Crippen molar-refractivity contribution >= 4 is 39.1 Å². The number of hydrogen-bond donors (Lipinski definition) is 3. The van der Waals surface area contributed by atoms with Gasteiger partial charge in [0.15, 0.2) is 0 Å². The quantitative estimate of drug-likeness (QED) is 0.407. The van der Waals surface area contributed by atoms with Gasteiger partial charge in [0.25, 0.3) is 5.91 Å². The zero-order valence-electron chi connectivity index (χ0n) is 23.7. The van der Waals surface area contributed by atoms with E-state index < -0.39 is 22.4 Å². The molecule has 2 aromatic rings. The van der Waals surface area contributed by atoms with Gasteiger partial charge in [-0.3, -0.25) is 9.52 Å². The average Bonchev–Trinajstić information content (AvgIpc) is 3.67. The Bertz CT molecular complexity index is 1400. The van der Waals surface area contributed by atoms with Crippen LogP contribution in [0.2, 0.25) is 0 Å². The van der Waals surface area contributed by atoms with Crippen molar-refractivity contribution in [2.45, 2.75) is 59.3 Å². The summed E-state index contributed by atoms with van der Waals surface area (Å²) in [5.74, 6) is 0.359. The van der Waals surface area contributed by atoms with E-state index in [4.69, 9.17) is 5.11 Å². The molecule has 2 aliphatic heterocycles. The number of allylic oxidation sites excluding steroid dienone is 1. The Kier molecular flexibility index (Phi) is 8.05. The number of amides is 1. The Balaban J connectivity index is 1.38. The summed E-state index contributed by atoms with van der Waals surface area (Å²) in [6.07, 6.45) is 6.61. The molecule has 216 valence electrons. The van der Waals surface area contributed by atoms with Crippen LogP contribution in [0.1, 0.15) is 68.4 Å². The minimum Gasteiger partial charge on any atom is -0.395 e. The molecular formula is C29H40N6O4S. The van der Waals surface area contributed by atoms with Crippen molar-refractivity contribution in [3.05, 3.63) is 46.7 Å². The molecule has 1 spiro atoms. The first kappa shape index (κ1) is 28.4. The van der Waals surface area contributed by atoms with Gasteiger partial charge in [-0.2, -0.15) is 4.98 Å². The van der Waals surface area contributed by atoms with E-state index in [0.717, 1.165) is 57.6 Å². The average molecular weight is 569 g/mol. The summed E-state index contributed by atoms with van der Waals surface area (Å²) >= 11 is 0. The number of aryl methyl sites for hydroxylation is 1. The molecule has 10 nitrogen and oxygen atoms in total. The smallest absolute Gasteiger partial charge is 0.258 e. The van der Waals surface area contributed by atoms with Gasteiger partial charge in [0.2, 0.25) is 16.0 Å². The lowest BCUT2D eigenvalue weighted by atomic mass is 9.93. The summed E-state index contributed by atoms with van der Waals surface area (Å²) < 4.78 is 27.1. The molecule has 1 saturated carbocycles. The molecule has 11 heteroatoms. The molecule has 1 aromatic carbocycles. The number of sulfonamides is 1. The zero-order chi connectivity index (χ0) is 28.5. The second kappa shape index (κ2) is 11.4. The number of carbonyl (C=O) groups excluding carboxylic acids is 1. The number of aromatic nitrogens is 2. The summed E-state index contributed by atoms with van der Waals surface area (Å²) in [4.78, 5) is 27.3. The fourth-order valence-electron chi connectivity index (χ4n) is 5.72. The first-order valence-electron chi connectivity index (χ1n) is 14.1. The maximum atomic E-state index is 13.6. The molecule has 1 amide bonds. The molecule has 5 rings (SSSR count). The van der Waals surface area contributed by atoms with Crippen molar-refractivity contribution in [1.29, 1.82) is 0 Å². The number of nitrogens with zero attached hydrogens (tertiary/aromatic N) is 4. The van der Waals surface area contributed by atoms with E-state index in [1.165, 1.54) is 24.0 Å². The van der Waals surface area contributed by atoms with Crippen molar-refractivity contribution in [2.75, 3.05) is 58.4 Å². The third-order valence-electron chi connectivity index (χ3n) is 8.44. The fraction of sp³-hybridized carbons (Fsp3) is 0.552. The molecule has 3 N–H and O–H groups in total. The van der Waals surface area contributed by atoms with Gasteiger partial charge < -0.3 is 20.2 Å². The number of aliphatic hydroxyl groups excluding tert-OH is 1. The summed E-state index contributed by atoms with van der Waals surface area (Å²) in [5, 5.41) is 12.1. The lowest BCUT2D eigenvalue weighted by Crippen LogP contribution is -2.36. The summed E-state index contributed by atoms with van der Waals surface area (Å²) in [5.41, 5.74) is 5.60. The normalized spacial score (nSPS) is 18.6.